The summed E-state index contributed by atoms with van der Waals surface area (Å²) < 4.78 is 11.1. The van der Waals surface area contributed by atoms with Crippen molar-refractivity contribution in [2.24, 2.45) is 5.92 Å². The van der Waals surface area contributed by atoms with Crippen molar-refractivity contribution in [3.05, 3.63) is 93.2 Å². The van der Waals surface area contributed by atoms with Gasteiger partial charge < -0.3 is 19.5 Å². The van der Waals surface area contributed by atoms with E-state index in [0.29, 0.717) is 23.8 Å². The number of Topliss-reactive ketones (excluding diaryl/α,β-unsaturated/α-hetero) is 1. The van der Waals surface area contributed by atoms with Crippen molar-refractivity contribution < 1.29 is 24.2 Å². The monoisotopic (exact) mass is 540 g/mol. The van der Waals surface area contributed by atoms with E-state index in [-0.39, 0.29) is 39.2 Å². The van der Waals surface area contributed by atoms with Crippen LogP contribution >= 0.6 is 23.2 Å². The SMILES string of the molecule is COc1c(Cl)cc(/C(O)=C2\C(=O)C(=O)N(Cc3ccncc3)C2c2cccc(OCC(C)C)c2)cc1Cl. The maximum absolute atomic E-state index is 13.4. The molecule has 1 aromatic heterocycles. The molecule has 2 heterocycles. The Bertz CT molecular complexity index is 1330. The number of amides is 1. The van der Waals surface area contributed by atoms with Gasteiger partial charge in [-0.15, -0.1) is 0 Å². The zero-order valence-corrected chi connectivity index (χ0v) is 22.1. The van der Waals surface area contributed by atoms with Crippen LogP contribution in [0.4, 0.5) is 0 Å². The van der Waals surface area contributed by atoms with Crippen molar-refractivity contribution in [2.75, 3.05) is 13.7 Å². The topological polar surface area (TPSA) is 89.0 Å². The van der Waals surface area contributed by atoms with Gasteiger partial charge in [-0.25, -0.2) is 0 Å². The van der Waals surface area contributed by atoms with Gasteiger partial charge in [-0.1, -0.05) is 49.2 Å². The lowest BCUT2D eigenvalue weighted by molar-refractivity contribution is -0.140. The van der Waals surface area contributed by atoms with Crippen LogP contribution < -0.4 is 9.47 Å². The number of halogens is 2. The second-order valence-corrected chi connectivity index (χ2v) is 9.85. The maximum atomic E-state index is 13.4. The first-order valence-electron chi connectivity index (χ1n) is 11.6. The van der Waals surface area contributed by atoms with Crippen LogP contribution in [0.1, 0.15) is 36.6 Å². The standard InChI is InChI=1S/C28H26Cl2N2O5/c1-16(2)15-37-20-6-4-5-18(11-20)24-23(25(33)19-12-21(29)27(36-3)22(30)13-19)26(34)28(35)32(24)14-17-7-9-31-10-8-17/h4-13,16,24,33H,14-15H2,1-3H3/b25-23+. The summed E-state index contributed by atoms with van der Waals surface area (Å²) in [5.74, 6) is -0.789. The van der Waals surface area contributed by atoms with E-state index in [1.807, 2.05) is 19.9 Å². The number of ketones is 1. The molecule has 2 aromatic carbocycles. The van der Waals surface area contributed by atoms with E-state index >= 15 is 0 Å². The second-order valence-electron chi connectivity index (χ2n) is 9.03. The fraction of sp³-hybridized carbons (Fsp3) is 0.250. The van der Waals surface area contributed by atoms with Crippen LogP contribution in [0, 0.1) is 5.92 Å². The summed E-state index contributed by atoms with van der Waals surface area (Å²) in [5.41, 5.74) is 1.51. The van der Waals surface area contributed by atoms with Crippen LogP contribution in [-0.2, 0) is 16.1 Å². The molecule has 4 rings (SSSR count). The number of aliphatic hydroxyl groups excluding tert-OH is 1. The van der Waals surface area contributed by atoms with Crippen molar-refractivity contribution in [3.63, 3.8) is 0 Å². The summed E-state index contributed by atoms with van der Waals surface area (Å²) >= 11 is 12.6. The van der Waals surface area contributed by atoms with Crippen LogP contribution in [0.15, 0.2) is 66.5 Å². The van der Waals surface area contributed by atoms with Crippen LogP contribution in [0.3, 0.4) is 0 Å². The molecular formula is C28H26Cl2N2O5. The number of pyridine rings is 1. The van der Waals surface area contributed by atoms with Gasteiger partial charge in [-0.05, 0) is 53.4 Å². The fourth-order valence-corrected chi connectivity index (χ4v) is 4.80. The van der Waals surface area contributed by atoms with E-state index in [2.05, 4.69) is 4.98 Å². The number of likely N-dealkylation sites (tertiary alicyclic amines) is 1. The summed E-state index contributed by atoms with van der Waals surface area (Å²) in [6.07, 6.45) is 3.23. The number of rotatable bonds is 8. The Kier molecular flexibility index (Phi) is 8.05. The van der Waals surface area contributed by atoms with Gasteiger partial charge >= 0.3 is 0 Å². The highest BCUT2D eigenvalue weighted by Crippen LogP contribution is 2.43. The molecular weight excluding hydrogens is 515 g/mol. The zero-order valence-electron chi connectivity index (χ0n) is 20.6. The molecule has 0 spiro atoms. The molecule has 1 atom stereocenters. The number of methoxy groups -OCH3 is 1. The predicted molar refractivity (Wildman–Crippen MR) is 142 cm³/mol. The Morgan fingerprint density at radius 1 is 1.08 bits per heavy atom. The Balaban J connectivity index is 1.86. The summed E-state index contributed by atoms with van der Waals surface area (Å²) in [6, 6.07) is 12.7. The molecule has 1 fully saturated rings. The lowest BCUT2D eigenvalue weighted by atomic mass is 9.95. The minimum atomic E-state index is -0.879. The average Bonchev–Trinajstić information content (AvgIpc) is 3.12. The molecule has 1 aliphatic heterocycles. The average molecular weight is 541 g/mol. The van der Waals surface area contributed by atoms with E-state index in [4.69, 9.17) is 32.7 Å². The summed E-state index contributed by atoms with van der Waals surface area (Å²) in [5, 5.41) is 11.7. The number of ether oxygens (including phenoxy) is 2. The highest BCUT2D eigenvalue weighted by atomic mass is 35.5. The van der Waals surface area contributed by atoms with Crippen LogP contribution in [-0.4, -0.2) is 40.4 Å². The number of benzene rings is 2. The quantitative estimate of drug-likeness (QED) is 0.212. The first kappa shape index (κ1) is 26.5. The van der Waals surface area contributed by atoms with Crippen LogP contribution in [0.2, 0.25) is 10.0 Å². The molecule has 0 saturated carbocycles. The molecule has 1 saturated heterocycles. The van der Waals surface area contributed by atoms with Gasteiger partial charge in [-0.2, -0.15) is 0 Å². The molecule has 0 bridgehead atoms. The minimum Gasteiger partial charge on any atom is -0.507 e. The molecule has 9 heteroatoms. The van der Waals surface area contributed by atoms with E-state index in [1.54, 1.807) is 42.7 Å². The number of carbonyl (C=O) groups is 2. The maximum Gasteiger partial charge on any atom is 0.295 e. The van der Waals surface area contributed by atoms with Crippen molar-refractivity contribution in [1.82, 2.24) is 9.88 Å². The van der Waals surface area contributed by atoms with Gasteiger partial charge in [0.1, 0.15) is 11.5 Å². The summed E-state index contributed by atoms with van der Waals surface area (Å²) in [6.45, 7) is 4.72. The Morgan fingerprint density at radius 2 is 1.76 bits per heavy atom. The van der Waals surface area contributed by atoms with Crippen molar-refractivity contribution in [1.29, 1.82) is 0 Å². The van der Waals surface area contributed by atoms with Gasteiger partial charge in [-0.3, -0.25) is 14.6 Å². The van der Waals surface area contributed by atoms with Crippen molar-refractivity contribution in [3.8, 4) is 11.5 Å². The molecule has 1 unspecified atom stereocenters. The number of nitrogens with zero attached hydrogens (tertiary/aromatic N) is 2. The first-order valence-corrected chi connectivity index (χ1v) is 12.4. The van der Waals surface area contributed by atoms with Gasteiger partial charge in [0.05, 0.1) is 35.4 Å². The van der Waals surface area contributed by atoms with Gasteiger partial charge in [0, 0.05) is 24.5 Å². The molecule has 0 radical (unpaired) electrons. The smallest absolute Gasteiger partial charge is 0.295 e. The highest BCUT2D eigenvalue weighted by Gasteiger charge is 2.46. The Hall–Kier alpha value is -3.55. The summed E-state index contributed by atoms with van der Waals surface area (Å²) in [4.78, 5) is 32.1. The third kappa shape index (κ3) is 5.58. The molecule has 1 amide bonds. The van der Waals surface area contributed by atoms with Crippen molar-refractivity contribution in [2.45, 2.75) is 26.4 Å². The number of hydrogen-bond acceptors (Lipinski definition) is 6. The number of hydrogen-bond donors (Lipinski definition) is 1. The van der Waals surface area contributed by atoms with E-state index in [1.165, 1.54) is 24.1 Å². The van der Waals surface area contributed by atoms with Crippen molar-refractivity contribution >= 4 is 40.7 Å². The van der Waals surface area contributed by atoms with Gasteiger partial charge in [0.2, 0.25) is 0 Å². The molecule has 1 N–H and O–H groups in total. The molecule has 192 valence electrons. The third-order valence-corrected chi connectivity index (χ3v) is 6.44. The van der Waals surface area contributed by atoms with E-state index < -0.39 is 17.7 Å². The Labute approximate surface area is 225 Å². The molecule has 7 nitrogen and oxygen atoms in total. The fourth-order valence-electron chi connectivity index (χ4n) is 4.16. The van der Waals surface area contributed by atoms with Gasteiger partial charge in [0.25, 0.3) is 11.7 Å². The zero-order chi connectivity index (χ0) is 26.7. The predicted octanol–water partition coefficient (Wildman–Crippen LogP) is 6.05. The van der Waals surface area contributed by atoms with E-state index in [0.717, 1.165) is 5.56 Å². The third-order valence-electron chi connectivity index (χ3n) is 5.88. The second kappa shape index (κ2) is 11.2. The lowest BCUT2D eigenvalue weighted by Crippen LogP contribution is -2.29. The highest BCUT2D eigenvalue weighted by molar-refractivity contribution is 6.46. The molecule has 1 aliphatic rings. The van der Waals surface area contributed by atoms with Gasteiger partial charge in [0.15, 0.2) is 5.75 Å². The van der Waals surface area contributed by atoms with Crippen LogP contribution in [0.5, 0.6) is 11.5 Å². The van der Waals surface area contributed by atoms with Crippen LogP contribution in [0.25, 0.3) is 5.76 Å². The summed E-state index contributed by atoms with van der Waals surface area (Å²) in [7, 11) is 1.42. The minimum absolute atomic E-state index is 0.0719. The number of aliphatic hydroxyl groups is 1. The Morgan fingerprint density at radius 3 is 2.38 bits per heavy atom. The largest absolute Gasteiger partial charge is 0.507 e. The molecule has 3 aromatic rings. The molecule has 37 heavy (non-hydrogen) atoms. The number of carbonyl (C=O) groups excluding carboxylic acids is 2. The molecule has 0 aliphatic carbocycles. The normalized spacial score (nSPS) is 16.9. The lowest BCUT2D eigenvalue weighted by Gasteiger charge is -2.26. The number of aromatic nitrogens is 1. The first-order chi connectivity index (χ1) is 17.7. The van der Waals surface area contributed by atoms with E-state index in [9.17, 15) is 14.7 Å².